The van der Waals surface area contributed by atoms with Crippen molar-refractivity contribution in [1.29, 1.82) is 5.26 Å². The van der Waals surface area contributed by atoms with Gasteiger partial charge in [0.1, 0.15) is 35.9 Å². The largest absolute Gasteiger partial charge is 0.453 e. The Morgan fingerprint density at radius 1 is 0.785 bits per heavy atom. The van der Waals surface area contributed by atoms with Gasteiger partial charge in [-0.2, -0.15) is 5.26 Å². The molecule has 2 aromatic heterocycles. The number of piperazine rings is 1. The molecule has 0 saturated carbocycles. The van der Waals surface area contributed by atoms with Crippen LogP contribution in [0.4, 0.5) is 26.1 Å². The van der Waals surface area contributed by atoms with Crippen molar-refractivity contribution in [3.8, 4) is 23.3 Å². The molecule has 5 aliphatic heterocycles. The highest BCUT2D eigenvalue weighted by molar-refractivity contribution is 6.23. The van der Waals surface area contributed by atoms with Crippen LogP contribution in [0.1, 0.15) is 58.4 Å². The first-order chi connectivity index (χ1) is 31.5. The quantitative estimate of drug-likeness (QED) is 0.209. The predicted octanol–water partition coefficient (Wildman–Crippen LogP) is 3.97. The molecule has 4 fully saturated rings. The number of piperidine rings is 2. The van der Waals surface area contributed by atoms with E-state index in [1.54, 1.807) is 35.5 Å². The number of carbonyl (C=O) groups is 4. The van der Waals surface area contributed by atoms with Gasteiger partial charge in [0.2, 0.25) is 17.8 Å². The van der Waals surface area contributed by atoms with Gasteiger partial charge in [-0.1, -0.05) is 0 Å². The highest BCUT2D eigenvalue weighted by atomic mass is 19.1. The average molecular weight is 884 g/mol. The van der Waals surface area contributed by atoms with E-state index in [9.17, 15) is 33.6 Å². The first kappa shape index (κ1) is 41.7. The highest BCUT2D eigenvalue weighted by Gasteiger charge is 2.45. The number of aromatic nitrogens is 4. The lowest BCUT2D eigenvalue weighted by Gasteiger charge is -2.39. The lowest BCUT2D eigenvalue weighted by Crippen LogP contribution is -2.54. The van der Waals surface area contributed by atoms with Crippen LogP contribution in [-0.2, 0) is 9.59 Å². The van der Waals surface area contributed by atoms with Crippen LogP contribution in [0.5, 0.6) is 11.5 Å². The average Bonchev–Trinajstić information content (AvgIpc) is 3.86. The van der Waals surface area contributed by atoms with Crippen molar-refractivity contribution in [3.05, 3.63) is 100 Å². The number of halogens is 2. The van der Waals surface area contributed by atoms with E-state index in [2.05, 4.69) is 35.0 Å². The van der Waals surface area contributed by atoms with Crippen LogP contribution in [0.3, 0.4) is 0 Å². The molecule has 0 bridgehead atoms. The van der Waals surface area contributed by atoms with E-state index >= 15 is 4.39 Å². The zero-order valence-corrected chi connectivity index (χ0v) is 35.2. The maximum atomic E-state index is 15.1. The number of alkyl halides is 1. The molecule has 0 aliphatic carbocycles. The third-order valence-electron chi connectivity index (χ3n) is 13.1. The Hall–Kier alpha value is -7.33. The standard InChI is InChI=1S/C46H43F2N11O6/c47-28-11-14-57(25-28)38-6-4-36(48)41(35(38)21-49)65-31-2-5-37-34(20-31)43(62)58(26-52-37)30-22-50-46(51-23-30)56-12-9-27(10-13-56)24-54-15-17-55(18-16-54)29-1-3-32-33(19-29)45(64)59(44(32)63)39-7-8-40(60)53-42(39)61/h1-6,19-20,22-23,26-28,39H,7-18,24-25H2,(H,53,60,61)/t28-,39?/m1/s1. The molecule has 0 radical (unpaired) electrons. The van der Waals surface area contributed by atoms with Crippen molar-refractivity contribution >= 4 is 51.9 Å². The summed E-state index contributed by atoms with van der Waals surface area (Å²) in [6.45, 7) is 6.16. The van der Waals surface area contributed by atoms with Gasteiger partial charge in [0.15, 0.2) is 11.6 Å². The number of nitriles is 1. The normalized spacial score (nSPS) is 20.7. The first-order valence-corrected chi connectivity index (χ1v) is 21.7. The molecule has 65 heavy (non-hydrogen) atoms. The second kappa shape index (κ2) is 17.0. The van der Waals surface area contributed by atoms with Crippen molar-refractivity contribution in [1.82, 2.24) is 34.6 Å². The number of imide groups is 2. The number of ether oxygens (including phenoxy) is 1. The van der Waals surface area contributed by atoms with Crippen molar-refractivity contribution in [2.24, 2.45) is 5.92 Å². The van der Waals surface area contributed by atoms with Crippen LogP contribution >= 0.6 is 0 Å². The molecule has 17 nitrogen and oxygen atoms in total. The van der Waals surface area contributed by atoms with E-state index in [4.69, 9.17) is 4.74 Å². The fourth-order valence-corrected chi connectivity index (χ4v) is 9.55. The second-order valence-corrected chi connectivity index (χ2v) is 17.1. The summed E-state index contributed by atoms with van der Waals surface area (Å²) in [6, 6.07) is 13.4. The number of nitrogens with one attached hydrogen (secondary N) is 1. The molecule has 5 aromatic rings. The zero-order chi connectivity index (χ0) is 44.9. The summed E-state index contributed by atoms with van der Waals surface area (Å²) >= 11 is 0. The molecule has 1 unspecified atom stereocenters. The Balaban J connectivity index is 0.736. The SMILES string of the molecule is N#Cc1c(N2CC[C@@H](F)C2)ccc(F)c1Oc1ccc2ncn(-c3cnc(N4CCC(CN5CCN(c6ccc7c(c6)C(=O)N(C6CCC(=O)NC6=O)C7=O)CC5)CC4)nc3)c(=O)c2c1. The molecule has 2 atom stereocenters. The molecule has 7 heterocycles. The smallest absolute Gasteiger partial charge is 0.266 e. The van der Waals surface area contributed by atoms with Crippen LogP contribution in [0.15, 0.2) is 72.0 Å². The Morgan fingerprint density at radius 3 is 2.26 bits per heavy atom. The topological polar surface area (TPSA) is 190 Å². The van der Waals surface area contributed by atoms with Crippen molar-refractivity contribution in [3.63, 3.8) is 0 Å². The number of fused-ring (bicyclic) bond motifs is 2. The van der Waals surface area contributed by atoms with Crippen LogP contribution in [0, 0.1) is 23.1 Å². The van der Waals surface area contributed by atoms with Crippen molar-refractivity contribution < 1.29 is 32.7 Å². The molecule has 4 saturated heterocycles. The monoisotopic (exact) mass is 883 g/mol. The van der Waals surface area contributed by atoms with Gasteiger partial charge in [-0.3, -0.25) is 43.7 Å². The molecular formula is C46H43F2N11O6. The van der Waals surface area contributed by atoms with Gasteiger partial charge < -0.3 is 19.4 Å². The van der Waals surface area contributed by atoms with E-state index in [1.807, 2.05) is 12.1 Å². The van der Waals surface area contributed by atoms with E-state index in [-0.39, 0.29) is 53.0 Å². The van der Waals surface area contributed by atoms with E-state index in [0.717, 1.165) is 69.2 Å². The van der Waals surface area contributed by atoms with E-state index < -0.39 is 47.2 Å². The van der Waals surface area contributed by atoms with Gasteiger partial charge in [-0.25, -0.2) is 23.7 Å². The minimum Gasteiger partial charge on any atom is -0.453 e. The third kappa shape index (κ3) is 7.87. The number of rotatable bonds is 9. The highest BCUT2D eigenvalue weighted by Crippen LogP contribution is 2.37. The Morgan fingerprint density at radius 2 is 1.54 bits per heavy atom. The summed E-state index contributed by atoms with van der Waals surface area (Å²) in [5.74, 6) is -1.97. The number of anilines is 3. The lowest BCUT2D eigenvalue weighted by atomic mass is 9.96. The van der Waals surface area contributed by atoms with Crippen LogP contribution in [-0.4, -0.2) is 124 Å². The maximum absolute atomic E-state index is 15.1. The molecule has 19 heteroatoms. The zero-order valence-electron chi connectivity index (χ0n) is 35.2. The molecule has 3 aromatic carbocycles. The first-order valence-electron chi connectivity index (χ1n) is 21.7. The minimum atomic E-state index is -1.04. The van der Waals surface area contributed by atoms with Crippen LogP contribution < -0.4 is 30.3 Å². The summed E-state index contributed by atoms with van der Waals surface area (Å²) < 4.78 is 36.3. The summed E-state index contributed by atoms with van der Waals surface area (Å²) in [5.41, 5.74) is 2.09. The van der Waals surface area contributed by atoms with Gasteiger partial charge >= 0.3 is 0 Å². The molecule has 4 amide bonds. The molecule has 0 spiro atoms. The molecular weight excluding hydrogens is 841 g/mol. The molecule has 332 valence electrons. The Labute approximate surface area is 370 Å². The fraction of sp³-hybridized carbons (Fsp3) is 0.370. The maximum Gasteiger partial charge on any atom is 0.266 e. The summed E-state index contributed by atoms with van der Waals surface area (Å²) in [6.07, 6.45) is 5.91. The molecule has 1 N–H and O–H groups in total. The second-order valence-electron chi connectivity index (χ2n) is 17.1. The van der Waals surface area contributed by atoms with Gasteiger partial charge in [-0.15, -0.1) is 0 Å². The molecule has 10 rings (SSSR count). The van der Waals surface area contributed by atoms with Gasteiger partial charge in [0.25, 0.3) is 17.4 Å². The van der Waals surface area contributed by atoms with Crippen molar-refractivity contribution in [2.45, 2.75) is 44.3 Å². The summed E-state index contributed by atoms with van der Waals surface area (Å²) in [5, 5.41) is 12.4. The van der Waals surface area contributed by atoms with Gasteiger partial charge in [0.05, 0.1) is 45.8 Å². The van der Waals surface area contributed by atoms with Crippen LogP contribution in [0.25, 0.3) is 16.6 Å². The summed E-state index contributed by atoms with van der Waals surface area (Å²) in [4.78, 5) is 87.5. The number of hydrogen-bond acceptors (Lipinski definition) is 14. The van der Waals surface area contributed by atoms with E-state index in [1.165, 1.54) is 35.2 Å². The minimum absolute atomic E-state index is 0.0573. The number of amides is 4. The lowest BCUT2D eigenvalue weighted by molar-refractivity contribution is -0.136. The number of hydrogen-bond donors (Lipinski definition) is 1. The number of carbonyl (C=O) groups excluding carboxylic acids is 4. The Kier molecular flexibility index (Phi) is 10.9. The fourth-order valence-electron chi connectivity index (χ4n) is 9.55. The Bertz CT molecular complexity index is 2850. The summed E-state index contributed by atoms with van der Waals surface area (Å²) in [7, 11) is 0. The molecule has 5 aliphatic rings. The van der Waals surface area contributed by atoms with E-state index in [0.29, 0.717) is 41.7 Å². The van der Waals surface area contributed by atoms with Crippen molar-refractivity contribution in [2.75, 3.05) is 73.6 Å². The third-order valence-corrected chi connectivity index (χ3v) is 13.1. The van der Waals surface area contributed by atoms with Gasteiger partial charge in [0, 0.05) is 71.0 Å². The predicted molar refractivity (Wildman–Crippen MR) is 233 cm³/mol. The van der Waals surface area contributed by atoms with Gasteiger partial charge in [-0.05, 0) is 80.1 Å². The number of nitrogens with zero attached hydrogens (tertiary/aromatic N) is 10. The number of benzene rings is 3. The van der Waals surface area contributed by atoms with Crippen LogP contribution in [0.2, 0.25) is 0 Å².